The highest BCUT2D eigenvalue weighted by Gasteiger charge is 2.23. The van der Waals surface area contributed by atoms with Crippen molar-refractivity contribution in [3.63, 3.8) is 0 Å². The van der Waals surface area contributed by atoms with Crippen LogP contribution in [0, 0.1) is 0 Å². The normalized spacial score (nSPS) is 19.4. The van der Waals surface area contributed by atoms with Crippen LogP contribution in [0.3, 0.4) is 0 Å². The van der Waals surface area contributed by atoms with E-state index < -0.39 is 0 Å². The highest BCUT2D eigenvalue weighted by atomic mass is 32.1. The Kier molecular flexibility index (Phi) is 6.57. The van der Waals surface area contributed by atoms with Gasteiger partial charge in [-0.2, -0.15) is 9.97 Å². The number of para-hydroxylation sites is 1. The number of hydrogen-bond acceptors (Lipinski definition) is 6. The van der Waals surface area contributed by atoms with Crippen molar-refractivity contribution in [2.75, 3.05) is 59.3 Å². The molecule has 2 aromatic rings. The molecular weight excluding hydrogens is 418 g/mol. The number of piperazine rings is 1. The molecule has 0 unspecified atom stereocenters. The molecule has 3 heterocycles. The van der Waals surface area contributed by atoms with Crippen molar-refractivity contribution in [3.05, 3.63) is 36.4 Å². The fourth-order valence-electron chi connectivity index (χ4n) is 4.97. The van der Waals surface area contributed by atoms with Crippen molar-refractivity contribution >= 4 is 40.6 Å². The van der Waals surface area contributed by atoms with Crippen LogP contribution in [-0.4, -0.2) is 60.4 Å². The van der Waals surface area contributed by atoms with E-state index in [1.165, 1.54) is 44.2 Å². The van der Waals surface area contributed by atoms with E-state index in [1.54, 1.807) is 0 Å². The maximum atomic E-state index is 5.58. The van der Waals surface area contributed by atoms with Gasteiger partial charge in [-0.15, -0.1) is 0 Å². The third-order valence-electron chi connectivity index (χ3n) is 6.77. The lowest BCUT2D eigenvalue weighted by Crippen LogP contribution is -2.47. The molecule has 1 aromatic heterocycles. The van der Waals surface area contributed by atoms with Crippen molar-refractivity contribution in [2.45, 2.75) is 44.6 Å². The summed E-state index contributed by atoms with van der Waals surface area (Å²) in [6.07, 6.45) is 7.38. The molecule has 3 fully saturated rings. The number of hydrogen-bond donors (Lipinski definition) is 2. The van der Waals surface area contributed by atoms with Crippen LogP contribution in [0.4, 0.5) is 23.3 Å². The van der Waals surface area contributed by atoms with E-state index in [1.807, 2.05) is 0 Å². The van der Waals surface area contributed by atoms with E-state index in [9.17, 15) is 0 Å². The number of thiocarbonyl (C=S) groups is 1. The highest BCUT2D eigenvalue weighted by Crippen LogP contribution is 2.26. The first kappa shape index (κ1) is 21.2. The summed E-state index contributed by atoms with van der Waals surface area (Å²) in [5.41, 5.74) is 1.29. The predicted octanol–water partition coefficient (Wildman–Crippen LogP) is 3.63. The molecule has 2 saturated heterocycles. The topological polar surface area (TPSA) is 59.6 Å². The zero-order chi connectivity index (χ0) is 21.8. The van der Waals surface area contributed by atoms with E-state index in [0.29, 0.717) is 17.1 Å². The van der Waals surface area contributed by atoms with Gasteiger partial charge in [0.25, 0.3) is 0 Å². The Labute approximate surface area is 196 Å². The molecule has 7 nitrogen and oxygen atoms in total. The first-order valence-corrected chi connectivity index (χ1v) is 12.4. The van der Waals surface area contributed by atoms with Gasteiger partial charge in [0.15, 0.2) is 5.11 Å². The molecule has 0 radical (unpaired) electrons. The molecule has 2 N–H and O–H groups in total. The number of rotatable bonds is 5. The Balaban J connectivity index is 1.30. The standard InChI is InChI=1S/C24H33N7S/c32-24(25-19-8-4-5-9-19)28-23-26-21(30-12-6-7-13-30)18-22(27-23)31-16-14-29(15-17-31)20-10-2-1-3-11-20/h1-3,10-11,18-19H,4-9,12-17H2,(H2,25,26,27,28,32). The largest absolute Gasteiger partial charge is 0.368 e. The molecule has 5 rings (SSSR count). The second-order valence-corrected chi connectivity index (χ2v) is 9.40. The molecule has 1 aliphatic carbocycles. The molecule has 2 aliphatic heterocycles. The summed E-state index contributed by atoms with van der Waals surface area (Å²) in [5.74, 6) is 2.59. The quantitative estimate of drug-likeness (QED) is 0.669. The first-order valence-electron chi connectivity index (χ1n) is 12.0. The fourth-order valence-corrected chi connectivity index (χ4v) is 5.23. The van der Waals surface area contributed by atoms with Crippen molar-refractivity contribution in [1.29, 1.82) is 0 Å². The van der Waals surface area contributed by atoms with Crippen LogP contribution < -0.4 is 25.3 Å². The second kappa shape index (κ2) is 9.90. The molecule has 3 aliphatic rings. The van der Waals surface area contributed by atoms with Gasteiger partial charge in [-0.25, -0.2) is 0 Å². The minimum absolute atomic E-state index is 0.474. The third-order valence-corrected chi connectivity index (χ3v) is 6.99. The summed E-state index contributed by atoms with van der Waals surface area (Å²) < 4.78 is 0. The zero-order valence-corrected chi connectivity index (χ0v) is 19.5. The van der Waals surface area contributed by atoms with Crippen LogP contribution in [0.25, 0.3) is 0 Å². The molecule has 0 spiro atoms. The van der Waals surface area contributed by atoms with Gasteiger partial charge in [0.05, 0.1) is 0 Å². The highest BCUT2D eigenvalue weighted by molar-refractivity contribution is 7.80. The summed E-state index contributed by atoms with van der Waals surface area (Å²) in [7, 11) is 0. The predicted molar refractivity (Wildman–Crippen MR) is 136 cm³/mol. The summed E-state index contributed by atoms with van der Waals surface area (Å²) >= 11 is 5.58. The Bertz CT molecular complexity index is 902. The van der Waals surface area contributed by atoms with E-state index in [2.05, 4.69) is 61.7 Å². The summed E-state index contributed by atoms with van der Waals surface area (Å²) in [4.78, 5) is 16.9. The second-order valence-electron chi connectivity index (χ2n) is 8.99. The Morgan fingerprint density at radius 2 is 1.38 bits per heavy atom. The summed E-state index contributed by atoms with van der Waals surface area (Å²) in [6, 6.07) is 13.3. The molecule has 0 amide bonds. The van der Waals surface area contributed by atoms with Crippen molar-refractivity contribution < 1.29 is 0 Å². The monoisotopic (exact) mass is 451 g/mol. The van der Waals surface area contributed by atoms with Gasteiger partial charge in [-0.3, -0.25) is 0 Å². The van der Waals surface area contributed by atoms with Crippen LogP contribution in [-0.2, 0) is 0 Å². The summed E-state index contributed by atoms with van der Waals surface area (Å²) in [5, 5.41) is 7.36. The Hall–Kier alpha value is -2.61. The van der Waals surface area contributed by atoms with Gasteiger partial charge >= 0.3 is 0 Å². The first-order chi connectivity index (χ1) is 15.7. The molecule has 8 heteroatoms. The van der Waals surface area contributed by atoms with Gasteiger partial charge in [0, 0.05) is 57.1 Å². The average Bonchev–Trinajstić information content (AvgIpc) is 3.54. The van der Waals surface area contributed by atoms with E-state index in [-0.39, 0.29) is 0 Å². The maximum absolute atomic E-state index is 5.58. The van der Waals surface area contributed by atoms with Crippen LogP contribution in [0.15, 0.2) is 36.4 Å². The molecule has 0 atom stereocenters. The number of nitrogens with zero attached hydrogens (tertiary/aromatic N) is 5. The van der Waals surface area contributed by atoms with Gasteiger partial charge in [0.1, 0.15) is 11.6 Å². The average molecular weight is 452 g/mol. The van der Waals surface area contributed by atoms with E-state index in [4.69, 9.17) is 22.2 Å². The molecule has 1 aromatic carbocycles. The van der Waals surface area contributed by atoms with Crippen LogP contribution in [0.1, 0.15) is 38.5 Å². The Morgan fingerprint density at radius 3 is 2.03 bits per heavy atom. The van der Waals surface area contributed by atoms with Crippen molar-refractivity contribution in [3.8, 4) is 0 Å². The molecule has 32 heavy (non-hydrogen) atoms. The van der Waals surface area contributed by atoms with E-state index in [0.717, 1.165) is 50.9 Å². The van der Waals surface area contributed by atoms with Crippen molar-refractivity contribution in [1.82, 2.24) is 15.3 Å². The number of aromatic nitrogens is 2. The number of nitrogens with one attached hydrogen (secondary N) is 2. The molecule has 1 saturated carbocycles. The minimum atomic E-state index is 0.474. The van der Waals surface area contributed by atoms with E-state index >= 15 is 0 Å². The van der Waals surface area contributed by atoms with Gasteiger partial charge in [0.2, 0.25) is 5.95 Å². The van der Waals surface area contributed by atoms with Gasteiger partial charge < -0.3 is 25.3 Å². The van der Waals surface area contributed by atoms with Gasteiger partial charge in [-0.1, -0.05) is 31.0 Å². The lowest BCUT2D eigenvalue weighted by molar-refractivity contribution is 0.634. The SMILES string of the molecule is S=C(Nc1nc(N2CCCC2)cc(N2CCN(c3ccccc3)CC2)n1)NC1CCCC1. The number of anilines is 4. The lowest BCUT2D eigenvalue weighted by atomic mass is 10.2. The number of benzene rings is 1. The van der Waals surface area contributed by atoms with Crippen LogP contribution in [0.2, 0.25) is 0 Å². The molecule has 170 valence electrons. The lowest BCUT2D eigenvalue weighted by Gasteiger charge is -2.37. The Morgan fingerprint density at radius 1 is 0.781 bits per heavy atom. The zero-order valence-electron chi connectivity index (χ0n) is 18.7. The van der Waals surface area contributed by atoms with Crippen LogP contribution >= 0.6 is 12.2 Å². The molecule has 0 bridgehead atoms. The van der Waals surface area contributed by atoms with Crippen LogP contribution in [0.5, 0.6) is 0 Å². The minimum Gasteiger partial charge on any atom is -0.368 e. The summed E-state index contributed by atoms with van der Waals surface area (Å²) in [6.45, 7) is 5.96. The fraction of sp³-hybridized carbons (Fsp3) is 0.542. The van der Waals surface area contributed by atoms with Gasteiger partial charge in [-0.05, 0) is 50.0 Å². The maximum Gasteiger partial charge on any atom is 0.232 e. The van der Waals surface area contributed by atoms with Crippen molar-refractivity contribution in [2.24, 2.45) is 0 Å². The third kappa shape index (κ3) is 5.06. The smallest absolute Gasteiger partial charge is 0.232 e. The molecular formula is C24H33N7S.